The first kappa shape index (κ1) is 18.8. The van der Waals surface area contributed by atoms with E-state index in [0.29, 0.717) is 9.06 Å². The van der Waals surface area contributed by atoms with E-state index >= 15 is 0 Å². The average molecular weight is 302 g/mol. The summed E-state index contributed by atoms with van der Waals surface area (Å²) in [5.74, 6) is 0. The maximum Gasteiger partial charge on any atom is 0.0864 e. The molecular formula is C8H14O4S4. The van der Waals surface area contributed by atoms with Crippen molar-refractivity contribution in [2.24, 2.45) is 5.41 Å². The molecule has 4 nitrogen and oxygen atoms in total. The monoisotopic (exact) mass is 302 g/mol. The van der Waals surface area contributed by atoms with Crippen LogP contribution >= 0.6 is 49.3 Å². The summed E-state index contributed by atoms with van der Waals surface area (Å²) in [6, 6.07) is 0. The number of hydrogen-bond donors (Lipinski definition) is 5. The molecule has 0 amide bonds. The van der Waals surface area contributed by atoms with Crippen LogP contribution in [0.4, 0.5) is 0 Å². The Morgan fingerprint density at radius 1 is 1.00 bits per heavy atom. The van der Waals surface area contributed by atoms with E-state index in [0.717, 1.165) is 0 Å². The van der Waals surface area contributed by atoms with Crippen LogP contribution in [0.3, 0.4) is 0 Å². The van der Waals surface area contributed by atoms with Crippen molar-refractivity contribution in [1.82, 2.24) is 0 Å². The van der Waals surface area contributed by atoms with Gasteiger partial charge in [-0.05, 0) is 0 Å². The second kappa shape index (κ2) is 10.6. The number of aliphatic hydroxyl groups is 4. The van der Waals surface area contributed by atoms with Crippen molar-refractivity contribution in [2.45, 2.75) is 0 Å². The first-order valence-electron chi connectivity index (χ1n) is 4.09. The highest BCUT2D eigenvalue weighted by atomic mass is 32.1. The Hall–Kier alpha value is 0.460. The molecule has 4 N–H and O–H groups in total. The average Bonchev–Trinajstić information content (AvgIpc) is 2.32. The van der Waals surface area contributed by atoms with Crippen molar-refractivity contribution >= 4 is 63.7 Å². The predicted octanol–water partition coefficient (Wildman–Crippen LogP) is -0.445. The Balaban J connectivity index is 0. The molecule has 0 atom stereocenters. The van der Waals surface area contributed by atoms with Crippen LogP contribution in [-0.2, 0) is 0 Å². The summed E-state index contributed by atoms with van der Waals surface area (Å²) in [6.45, 7) is -1.62. The minimum Gasteiger partial charge on any atom is -0.396 e. The van der Waals surface area contributed by atoms with Crippen molar-refractivity contribution in [3.63, 3.8) is 0 Å². The van der Waals surface area contributed by atoms with Crippen molar-refractivity contribution < 1.29 is 20.4 Å². The number of thiol groups is 1. The lowest BCUT2D eigenvalue weighted by Crippen LogP contribution is -2.37. The van der Waals surface area contributed by atoms with Gasteiger partial charge in [0, 0.05) is 5.37 Å². The first-order chi connectivity index (χ1) is 7.42. The molecular weight excluding hydrogens is 288 g/mol. The van der Waals surface area contributed by atoms with Crippen molar-refractivity contribution in [3.05, 3.63) is 0 Å². The van der Waals surface area contributed by atoms with Crippen LogP contribution < -0.4 is 0 Å². The molecule has 0 saturated carbocycles. The van der Waals surface area contributed by atoms with Gasteiger partial charge >= 0.3 is 0 Å². The van der Waals surface area contributed by atoms with Gasteiger partial charge in [0.1, 0.15) is 0 Å². The standard InChI is InChI=1S/C5H12O4.C3H2S4/c6-1-5(2-7,3-8)4-9;4-1-2(5)3(6)7/h6-9H,1-4H2;1H,(H,6,7). The minimum atomic E-state index is -1.11. The minimum absolute atomic E-state index is 0.394. The molecule has 0 spiro atoms. The summed E-state index contributed by atoms with van der Waals surface area (Å²) in [5.41, 5.74) is -1.11. The zero-order valence-corrected chi connectivity index (χ0v) is 11.7. The van der Waals surface area contributed by atoms with Gasteiger partial charge in [-0.3, -0.25) is 0 Å². The van der Waals surface area contributed by atoms with Gasteiger partial charge in [0.25, 0.3) is 0 Å². The van der Waals surface area contributed by atoms with Gasteiger partial charge in [-0.1, -0.05) is 36.7 Å². The first-order valence-corrected chi connectivity index (χ1v) is 5.82. The molecule has 94 valence electrons. The van der Waals surface area contributed by atoms with Crippen LogP contribution in [-0.4, -0.2) is 61.3 Å². The number of rotatable bonds is 6. The van der Waals surface area contributed by atoms with Crippen molar-refractivity contribution in [1.29, 1.82) is 0 Å². The third kappa shape index (κ3) is 7.69. The molecule has 8 heteroatoms. The third-order valence-electron chi connectivity index (χ3n) is 1.66. The molecule has 0 bridgehead atoms. The number of aliphatic hydroxyl groups excluding tert-OH is 4. The molecule has 0 fully saturated rings. The highest BCUT2D eigenvalue weighted by Gasteiger charge is 2.26. The van der Waals surface area contributed by atoms with E-state index in [1.165, 1.54) is 5.37 Å². The van der Waals surface area contributed by atoms with E-state index in [1.54, 1.807) is 0 Å². The Kier molecular flexibility index (Phi) is 12.5. The van der Waals surface area contributed by atoms with Gasteiger partial charge in [-0.2, -0.15) is 0 Å². The molecule has 0 aromatic heterocycles. The van der Waals surface area contributed by atoms with E-state index in [-0.39, 0.29) is 0 Å². The zero-order chi connectivity index (χ0) is 13.2. The summed E-state index contributed by atoms with van der Waals surface area (Å²) in [5, 5.41) is 35.3. The molecule has 0 unspecified atom stereocenters. The fraction of sp³-hybridized carbons (Fsp3) is 0.625. The van der Waals surface area contributed by atoms with Crippen LogP contribution in [0, 0.1) is 5.41 Å². The Morgan fingerprint density at radius 3 is 1.31 bits per heavy atom. The van der Waals surface area contributed by atoms with Crippen LogP contribution in [0.25, 0.3) is 0 Å². The second-order valence-electron chi connectivity index (χ2n) is 2.92. The Bertz CT molecular complexity index is 223. The Morgan fingerprint density at radius 2 is 1.31 bits per heavy atom. The van der Waals surface area contributed by atoms with Crippen LogP contribution in [0.2, 0.25) is 0 Å². The topological polar surface area (TPSA) is 80.9 Å². The van der Waals surface area contributed by atoms with Gasteiger partial charge in [0.05, 0.1) is 40.9 Å². The second-order valence-corrected chi connectivity index (χ2v) is 4.75. The Labute approximate surface area is 116 Å². The smallest absolute Gasteiger partial charge is 0.0864 e. The fourth-order valence-electron chi connectivity index (χ4n) is 0.350. The fourth-order valence-corrected chi connectivity index (χ4v) is 0.754. The molecule has 0 heterocycles. The lowest BCUT2D eigenvalue weighted by atomic mass is 9.93. The van der Waals surface area contributed by atoms with E-state index < -0.39 is 31.8 Å². The van der Waals surface area contributed by atoms with Crippen LogP contribution in [0.15, 0.2) is 0 Å². The maximum absolute atomic E-state index is 8.50. The quantitative estimate of drug-likeness (QED) is 0.336. The maximum atomic E-state index is 8.50. The molecule has 0 saturated heterocycles. The van der Waals surface area contributed by atoms with E-state index in [4.69, 9.17) is 20.4 Å². The largest absolute Gasteiger partial charge is 0.396 e. The van der Waals surface area contributed by atoms with Crippen molar-refractivity contribution in [2.75, 3.05) is 26.4 Å². The normalized spacial score (nSPS) is 10.1. The number of hydrogen-bond acceptors (Lipinski definition) is 7. The van der Waals surface area contributed by atoms with Gasteiger partial charge in [0.2, 0.25) is 0 Å². The van der Waals surface area contributed by atoms with E-state index in [2.05, 4.69) is 49.3 Å². The highest BCUT2D eigenvalue weighted by Crippen LogP contribution is 2.11. The van der Waals surface area contributed by atoms with Crippen molar-refractivity contribution in [3.8, 4) is 0 Å². The molecule has 0 aromatic carbocycles. The summed E-state index contributed by atoms with van der Waals surface area (Å²) < 4.78 is 0.394. The number of thiocarbonyl (C=S) groups is 3. The molecule has 0 aliphatic carbocycles. The van der Waals surface area contributed by atoms with Gasteiger partial charge in [-0.15, -0.1) is 12.6 Å². The molecule has 0 rings (SSSR count). The van der Waals surface area contributed by atoms with E-state index in [1.807, 2.05) is 0 Å². The van der Waals surface area contributed by atoms with Gasteiger partial charge < -0.3 is 20.4 Å². The summed E-state index contributed by atoms with van der Waals surface area (Å²) in [6.07, 6.45) is 0. The highest BCUT2D eigenvalue weighted by molar-refractivity contribution is 8.17. The molecule has 0 aliphatic heterocycles. The SMILES string of the molecule is OCC(CO)(CO)CO.S=CC(=S)C(=S)S. The lowest BCUT2D eigenvalue weighted by Gasteiger charge is -2.23. The molecule has 0 aromatic rings. The van der Waals surface area contributed by atoms with E-state index in [9.17, 15) is 0 Å². The third-order valence-corrected chi connectivity index (χ3v) is 3.11. The van der Waals surface area contributed by atoms with Crippen LogP contribution in [0.1, 0.15) is 0 Å². The summed E-state index contributed by atoms with van der Waals surface area (Å²) in [7, 11) is 0. The predicted molar refractivity (Wildman–Crippen MR) is 78.6 cm³/mol. The molecule has 16 heavy (non-hydrogen) atoms. The molecule has 0 radical (unpaired) electrons. The van der Waals surface area contributed by atoms with Crippen LogP contribution in [0.5, 0.6) is 0 Å². The summed E-state index contributed by atoms with van der Waals surface area (Å²) >= 11 is 17.4. The lowest BCUT2D eigenvalue weighted by molar-refractivity contribution is -0.0328. The summed E-state index contributed by atoms with van der Waals surface area (Å²) in [4.78, 5) is 0.466. The molecule has 0 aliphatic rings. The van der Waals surface area contributed by atoms with Gasteiger partial charge in [0.15, 0.2) is 0 Å². The zero-order valence-electron chi connectivity index (χ0n) is 8.37. The van der Waals surface area contributed by atoms with Gasteiger partial charge in [-0.25, -0.2) is 0 Å².